The summed E-state index contributed by atoms with van der Waals surface area (Å²) < 4.78 is 12.0. The molecule has 1 atom stereocenters. The van der Waals surface area contributed by atoms with Gasteiger partial charge in [0.05, 0.1) is 26.4 Å². The van der Waals surface area contributed by atoms with Crippen LogP contribution in [0.3, 0.4) is 0 Å². The Morgan fingerprint density at radius 2 is 1.97 bits per heavy atom. The molecule has 8 nitrogen and oxygen atoms in total. The molecule has 2 aliphatic rings. The van der Waals surface area contributed by atoms with Crippen molar-refractivity contribution >= 4 is 29.3 Å². The Balaban J connectivity index is 1.22. The maximum atomic E-state index is 13.0. The van der Waals surface area contributed by atoms with E-state index in [0.717, 1.165) is 47.8 Å². The van der Waals surface area contributed by atoms with Crippen molar-refractivity contribution in [3.63, 3.8) is 0 Å². The van der Waals surface area contributed by atoms with E-state index < -0.39 is 11.9 Å². The van der Waals surface area contributed by atoms with E-state index in [4.69, 9.17) is 21.1 Å². The fraction of sp³-hybridized carbons (Fsp3) is 0.464. The van der Waals surface area contributed by atoms with Gasteiger partial charge in [-0.2, -0.15) is 0 Å². The average Bonchev–Trinajstić information content (AvgIpc) is 3.21. The number of aryl methyl sites for hydroxylation is 1. The van der Waals surface area contributed by atoms with Crippen LogP contribution in [0.2, 0.25) is 5.02 Å². The number of nitrogens with zero attached hydrogens (tertiary/aromatic N) is 2. The molecule has 2 aromatic carbocycles. The zero-order chi connectivity index (χ0) is 26.4. The van der Waals surface area contributed by atoms with Crippen LogP contribution in [0, 0.1) is 6.92 Å². The predicted molar refractivity (Wildman–Crippen MR) is 141 cm³/mol. The number of nitrogens with one attached hydrogen (secondary N) is 1. The van der Waals surface area contributed by atoms with Crippen molar-refractivity contribution in [3.05, 3.63) is 63.7 Å². The van der Waals surface area contributed by atoms with Gasteiger partial charge in [-0.05, 0) is 61.7 Å². The van der Waals surface area contributed by atoms with Crippen molar-refractivity contribution in [2.24, 2.45) is 0 Å². The Morgan fingerprint density at radius 3 is 2.73 bits per heavy atom. The molecule has 4 rings (SSSR count). The summed E-state index contributed by atoms with van der Waals surface area (Å²) >= 11 is 6.02. The van der Waals surface area contributed by atoms with Gasteiger partial charge < -0.3 is 19.3 Å². The fourth-order valence-electron chi connectivity index (χ4n) is 4.79. The van der Waals surface area contributed by atoms with Crippen LogP contribution in [0.15, 0.2) is 36.4 Å². The molecule has 0 aliphatic carbocycles. The lowest BCUT2D eigenvalue weighted by molar-refractivity contribution is -0.136. The van der Waals surface area contributed by atoms with Gasteiger partial charge in [-0.1, -0.05) is 30.7 Å². The van der Waals surface area contributed by atoms with E-state index in [2.05, 4.69) is 17.1 Å². The van der Waals surface area contributed by atoms with Crippen LogP contribution < -0.4 is 10.1 Å². The molecule has 9 heteroatoms. The maximum Gasteiger partial charge on any atom is 0.255 e. The number of ether oxygens (including phenoxy) is 2. The summed E-state index contributed by atoms with van der Waals surface area (Å²) in [4.78, 5) is 40.6. The van der Waals surface area contributed by atoms with Crippen LogP contribution in [0.4, 0.5) is 0 Å². The van der Waals surface area contributed by atoms with Crippen LogP contribution in [0.25, 0.3) is 0 Å². The summed E-state index contributed by atoms with van der Waals surface area (Å²) in [5, 5.41) is 3.07. The van der Waals surface area contributed by atoms with Gasteiger partial charge in [0, 0.05) is 35.7 Å². The zero-order valence-electron chi connectivity index (χ0n) is 21.4. The standard InChI is InChI=1S/C28H34ClN3O5/c1-3-31(13-15-36-18-20-8-9-21(29)16-19(20)2)12-5-14-37-25-7-4-6-22-23(25)17-32(28(22)35)24-10-11-26(33)30-27(24)34/h4,6-9,16,24H,3,5,10-15,17-18H2,1-2H3,(H,30,33,34). The first kappa shape index (κ1) is 27.1. The smallest absolute Gasteiger partial charge is 0.255 e. The number of likely N-dealkylation sites (N-methyl/N-ethyl adjacent to an activating group) is 1. The van der Waals surface area contributed by atoms with Crippen molar-refractivity contribution < 1.29 is 23.9 Å². The Hall–Kier alpha value is -2.94. The first-order chi connectivity index (χ1) is 17.9. The van der Waals surface area contributed by atoms with Gasteiger partial charge in [-0.15, -0.1) is 0 Å². The molecule has 2 aromatic rings. The number of hydrogen-bond donors (Lipinski definition) is 1. The predicted octanol–water partition coefficient (Wildman–Crippen LogP) is 3.72. The summed E-state index contributed by atoms with van der Waals surface area (Å²) in [6, 6.07) is 10.6. The van der Waals surface area contributed by atoms with E-state index in [9.17, 15) is 14.4 Å². The number of imide groups is 1. The number of fused-ring (bicyclic) bond motifs is 1. The number of benzene rings is 2. The van der Waals surface area contributed by atoms with Crippen LogP contribution >= 0.6 is 11.6 Å². The van der Waals surface area contributed by atoms with Crippen LogP contribution in [0.1, 0.15) is 53.2 Å². The summed E-state index contributed by atoms with van der Waals surface area (Å²) in [6.07, 6.45) is 1.41. The second-order valence-corrected chi connectivity index (χ2v) is 9.88. The second-order valence-electron chi connectivity index (χ2n) is 9.44. The Morgan fingerprint density at radius 1 is 1.14 bits per heavy atom. The van der Waals surface area contributed by atoms with Crippen molar-refractivity contribution in [1.29, 1.82) is 0 Å². The van der Waals surface area contributed by atoms with E-state index in [1.165, 1.54) is 0 Å². The lowest BCUT2D eigenvalue weighted by Crippen LogP contribution is -2.52. The molecule has 1 saturated heterocycles. The zero-order valence-corrected chi connectivity index (χ0v) is 22.2. The van der Waals surface area contributed by atoms with E-state index in [0.29, 0.717) is 44.1 Å². The normalized spacial score (nSPS) is 17.4. The number of amides is 3. The molecule has 2 aliphatic heterocycles. The van der Waals surface area contributed by atoms with E-state index in [1.807, 2.05) is 31.2 Å². The lowest BCUT2D eigenvalue weighted by Gasteiger charge is -2.29. The lowest BCUT2D eigenvalue weighted by atomic mass is 10.0. The van der Waals surface area contributed by atoms with Gasteiger partial charge in [-0.3, -0.25) is 19.7 Å². The van der Waals surface area contributed by atoms with Gasteiger partial charge in [0.2, 0.25) is 11.8 Å². The summed E-state index contributed by atoms with van der Waals surface area (Å²) in [6.45, 7) is 8.82. The van der Waals surface area contributed by atoms with Crippen LogP contribution in [0.5, 0.6) is 5.75 Å². The Labute approximate surface area is 222 Å². The van der Waals surface area contributed by atoms with Crippen molar-refractivity contribution in [2.75, 3.05) is 32.8 Å². The number of carbonyl (C=O) groups is 3. The first-order valence-corrected chi connectivity index (χ1v) is 13.2. The van der Waals surface area contributed by atoms with E-state index >= 15 is 0 Å². The topological polar surface area (TPSA) is 88.2 Å². The number of halogens is 1. The average molecular weight is 528 g/mol. The third-order valence-electron chi connectivity index (χ3n) is 6.98. The highest BCUT2D eigenvalue weighted by Gasteiger charge is 2.40. The quantitative estimate of drug-likeness (QED) is 0.334. The monoisotopic (exact) mass is 527 g/mol. The minimum Gasteiger partial charge on any atom is -0.493 e. The molecule has 1 fully saturated rings. The summed E-state index contributed by atoms with van der Waals surface area (Å²) in [5.41, 5.74) is 3.64. The van der Waals surface area contributed by atoms with Gasteiger partial charge in [-0.25, -0.2) is 0 Å². The van der Waals surface area contributed by atoms with Crippen LogP contribution in [-0.4, -0.2) is 66.4 Å². The minimum absolute atomic E-state index is 0.194. The third kappa shape index (κ3) is 6.69. The van der Waals surface area contributed by atoms with Gasteiger partial charge in [0.25, 0.3) is 5.91 Å². The molecule has 0 radical (unpaired) electrons. The van der Waals surface area contributed by atoms with Gasteiger partial charge >= 0.3 is 0 Å². The molecule has 2 heterocycles. The first-order valence-electron chi connectivity index (χ1n) is 12.8. The SMILES string of the molecule is CCN(CCCOc1cccc2c1CN(C1CCC(=O)NC1=O)C2=O)CCOCc1ccc(Cl)cc1C. The minimum atomic E-state index is -0.630. The molecule has 1 unspecified atom stereocenters. The molecule has 3 amide bonds. The van der Waals surface area contributed by atoms with Crippen LogP contribution in [-0.2, 0) is 27.5 Å². The highest BCUT2D eigenvalue weighted by atomic mass is 35.5. The van der Waals surface area contributed by atoms with E-state index in [1.54, 1.807) is 17.0 Å². The summed E-state index contributed by atoms with van der Waals surface area (Å²) in [5.74, 6) is -0.225. The molecule has 198 valence electrons. The molecule has 0 saturated carbocycles. The van der Waals surface area contributed by atoms with Crippen molar-refractivity contribution in [1.82, 2.24) is 15.1 Å². The number of hydrogen-bond acceptors (Lipinski definition) is 6. The highest BCUT2D eigenvalue weighted by Crippen LogP contribution is 2.33. The van der Waals surface area contributed by atoms with Crippen molar-refractivity contribution in [2.45, 2.75) is 52.3 Å². The molecule has 0 spiro atoms. The number of piperidine rings is 1. The van der Waals surface area contributed by atoms with Gasteiger partial charge in [0.15, 0.2) is 0 Å². The molecule has 0 aromatic heterocycles. The largest absolute Gasteiger partial charge is 0.493 e. The Kier molecular flexibility index (Phi) is 9.18. The van der Waals surface area contributed by atoms with Crippen molar-refractivity contribution in [3.8, 4) is 5.75 Å². The number of carbonyl (C=O) groups excluding carboxylic acids is 3. The van der Waals surface area contributed by atoms with Gasteiger partial charge in [0.1, 0.15) is 11.8 Å². The Bertz CT molecular complexity index is 1150. The van der Waals surface area contributed by atoms with E-state index in [-0.39, 0.29) is 18.2 Å². The molecular weight excluding hydrogens is 494 g/mol. The maximum absolute atomic E-state index is 13.0. The molecule has 37 heavy (non-hydrogen) atoms. The third-order valence-corrected chi connectivity index (χ3v) is 7.21. The molecule has 0 bridgehead atoms. The highest BCUT2D eigenvalue weighted by molar-refractivity contribution is 6.30. The summed E-state index contributed by atoms with van der Waals surface area (Å²) in [7, 11) is 0. The second kappa shape index (κ2) is 12.5. The molecule has 1 N–H and O–H groups in total. The number of rotatable bonds is 12. The fourth-order valence-corrected chi connectivity index (χ4v) is 5.01. The molecular formula is C28H34ClN3O5.